The van der Waals surface area contributed by atoms with Crippen LogP contribution in [0, 0.1) is 0 Å². The van der Waals surface area contributed by atoms with Gasteiger partial charge in [-0.15, -0.1) is 0 Å². The molecule has 1 aromatic rings. The van der Waals surface area contributed by atoms with Crippen molar-refractivity contribution in [3.63, 3.8) is 0 Å². The van der Waals surface area contributed by atoms with Gasteiger partial charge >= 0.3 is 5.97 Å². The van der Waals surface area contributed by atoms with Crippen LogP contribution < -0.4 is 9.64 Å². The van der Waals surface area contributed by atoms with Crippen molar-refractivity contribution in [1.29, 1.82) is 0 Å². The summed E-state index contributed by atoms with van der Waals surface area (Å²) in [5.74, 6) is 0.493. The van der Waals surface area contributed by atoms with Gasteiger partial charge in [0, 0.05) is 13.1 Å². The number of hydrogen-bond donors (Lipinski definition) is 0. The Morgan fingerprint density at radius 1 is 0.939 bits per heavy atom. The molecule has 0 spiro atoms. The molecule has 4 heteroatoms. The first-order valence-corrected chi connectivity index (χ1v) is 12.4. The predicted molar refractivity (Wildman–Crippen MR) is 141 cm³/mol. The van der Waals surface area contributed by atoms with Crippen molar-refractivity contribution in [2.45, 2.75) is 80.1 Å². The Kier molecular flexibility index (Phi) is 14.0. The molecule has 0 radical (unpaired) electrons. The summed E-state index contributed by atoms with van der Waals surface area (Å²) in [6.45, 7) is 15.3. The highest BCUT2D eigenvalue weighted by Gasteiger charge is 2.15. The van der Waals surface area contributed by atoms with Crippen LogP contribution in [-0.4, -0.2) is 32.8 Å². The first kappa shape index (κ1) is 28.5. The number of allylic oxidation sites excluding steroid dienone is 5. The van der Waals surface area contributed by atoms with Crippen LogP contribution in [0.25, 0.3) is 0 Å². The number of carbonyl (C=O) groups is 1. The molecule has 0 amide bonds. The highest BCUT2D eigenvalue weighted by molar-refractivity contribution is 5.91. The largest absolute Gasteiger partial charge is 0.491 e. The van der Waals surface area contributed by atoms with Gasteiger partial charge in [0.2, 0.25) is 0 Å². The predicted octanol–water partition coefficient (Wildman–Crippen LogP) is 7.90. The maximum absolute atomic E-state index is 12.1. The van der Waals surface area contributed by atoms with Crippen LogP contribution >= 0.6 is 0 Å². The highest BCUT2D eigenvalue weighted by Crippen LogP contribution is 2.31. The number of benzene rings is 1. The molecule has 33 heavy (non-hydrogen) atoms. The van der Waals surface area contributed by atoms with Gasteiger partial charge in [-0.2, -0.15) is 0 Å². The van der Waals surface area contributed by atoms with Gasteiger partial charge in [0.1, 0.15) is 5.75 Å². The van der Waals surface area contributed by atoms with E-state index in [-0.39, 0.29) is 5.97 Å². The minimum Gasteiger partial charge on any atom is -0.491 e. The molecule has 0 aromatic heterocycles. The zero-order valence-corrected chi connectivity index (χ0v) is 22.0. The first-order chi connectivity index (χ1) is 15.8. The molecule has 184 valence electrons. The van der Waals surface area contributed by atoms with Crippen molar-refractivity contribution < 1.29 is 14.3 Å². The van der Waals surface area contributed by atoms with Gasteiger partial charge in [0.25, 0.3) is 0 Å². The number of ether oxygens (including phenoxy) is 2. The molecule has 0 N–H and O–H groups in total. The van der Waals surface area contributed by atoms with Gasteiger partial charge in [0.05, 0.1) is 25.0 Å². The molecule has 0 heterocycles. The van der Waals surface area contributed by atoms with E-state index in [1.807, 2.05) is 12.1 Å². The number of nitrogens with zero attached hydrogens (tertiary/aromatic N) is 1. The van der Waals surface area contributed by atoms with E-state index in [1.165, 1.54) is 23.8 Å². The van der Waals surface area contributed by atoms with E-state index in [1.54, 1.807) is 6.07 Å². The lowest BCUT2D eigenvalue weighted by molar-refractivity contribution is 0.0600. The summed E-state index contributed by atoms with van der Waals surface area (Å²) in [4.78, 5) is 14.4. The first-order valence-electron chi connectivity index (χ1n) is 12.4. The fourth-order valence-electron chi connectivity index (χ4n) is 3.53. The second-order valence-electron chi connectivity index (χ2n) is 8.93. The average Bonchev–Trinajstić information content (AvgIpc) is 2.79. The topological polar surface area (TPSA) is 38.8 Å². The zero-order chi connectivity index (χ0) is 24.6. The highest BCUT2D eigenvalue weighted by atomic mass is 16.5. The fraction of sp³-hybridized carbons (Fsp3) is 0.552. The minimum absolute atomic E-state index is 0.326. The third-order valence-electron chi connectivity index (χ3n) is 5.46. The Bertz CT molecular complexity index is 816. The monoisotopic (exact) mass is 455 g/mol. The number of hydrogen-bond acceptors (Lipinski definition) is 4. The molecule has 0 aliphatic rings. The van der Waals surface area contributed by atoms with Crippen LogP contribution in [-0.2, 0) is 4.74 Å². The van der Waals surface area contributed by atoms with Gasteiger partial charge in [0.15, 0.2) is 0 Å². The summed E-state index contributed by atoms with van der Waals surface area (Å²) in [5.41, 5.74) is 5.73. The molecular formula is C29H45NO3. The van der Waals surface area contributed by atoms with E-state index in [0.29, 0.717) is 12.2 Å². The van der Waals surface area contributed by atoms with Gasteiger partial charge < -0.3 is 14.4 Å². The molecule has 1 rings (SSSR count). The molecule has 0 unspecified atom stereocenters. The molecule has 0 saturated heterocycles. The van der Waals surface area contributed by atoms with Crippen LogP contribution in [0.4, 0.5) is 5.69 Å². The molecule has 0 fully saturated rings. The number of methoxy groups -OCH3 is 1. The number of anilines is 1. The average molecular weight is 456 g/mol. The molecule has 0 atom stereocenters. The van der Waals surface area contributed by atoms with E-state index < -0.39 is 0 Å². The Labute approximate surface area is 202 Å². The Hall–Kier alpha value is -2.49. The second kappa shape index (κ2) is 16.2. The SMILES string of the molecule is CCCOc1ccc(C(=O)OC)cc1N(CC=C(C)CCC=C(C)CCC=C(C)C)CCC. The maximum atomic E-state index is 12.1. The third kappa shape index (κ3) is 11.3. The zero-order valence-electron chi connectivity index (χ0n) is 22.0. The summed E-state index contributed by atoms with van der Waals surface area (Å²) < 4.78 is 10.9. The van der Waals surface area contributed by atoms with E-state index in [0.717, 1.165) is 63.1 Å². The van der Waals surface area contributed by atoms with Gasteiger partial charge in [-0.25, -0.2) is 4.79 Å². The quantitative estimate of drug-likeness (QED) is 0.199. The fourth-order valence-corrected chi connectivity index (χ4v) is 3.53. The Balaban J connectivity index is 2.90. The third-order valence-corrected chi connectivity index (χ3v) is 5.46. The number of carbonyl (C=O) groups excluding carboxylic acids is 1. The normalized spacial score (nSPS) is 11.8. The summed E-state index contributed by atoms with van der Waals surface area (Å²) in [5, 5.41) is 0. The van der Waals surface area contributed by atoms with Gasteiger partial charge in [-0.3, -0.25) is 0 Å². The standard InChI is InChI=1S/C29H45NO3/c1-8-19-30(20-18-25(6)15-11-14-24(5)13-10-12-23(3)4)27-22-26(29(31)32-7)16-17-28(27)33-21-9-2/h12,14,16-18,22H,8-11,13,15,19-21H2,1-7H3. The Morgan fingerprint density at radius 2 is 1.61 bits per heavy atom. The summed E-state index contributed by atoms with van der Waals surface area (Å²) in [6, 6.07) is 5.56. The lowest BCUT2D eigenvalue weighted by Gasteiger charge is -2.26. The van der Waals surface area contributed by atoms with Gasteiger partial charge in [-0.05, 0) is 84.4 Å². The second-order valence-corrected chi connectivity index (χ2v) is 8.93. The van der Waals surface area contributed by atoms with Crippen molar-refractivity contribution in [1.82, 2.24) is 0 Å². The number of esters is 1. The molecule has 4 nitrogen and oxygen atoms in total. The van der Waals surface area contributed by atoms with E-state index in [2.05, 4.69) is 64.7 Å². The van der Waals surface area contributed by atoms with Crippen LogP contribution in [0.15, 0.2) is 53.1 Å². The lowest BCUT2D eigenvalue weighted by atomic mass is 10.1. The number of rotatable bonds is 15. The van der Waals surface area contributed by atoms with Crippen molar-refractivity contribution >= 4 is 11.7 Å². The molecule has 0 aliphatic heterocycles. The summed E-state index contributed by atoms with van der Waals surface area (Å²) >= 11 is 0. The van der Waals surface area contributed by atoms with E-state index in [9.17, 15) is 4.79 Å². The van der Waals surface area contributed by atoms with Crippen LogP contribution in [0.5, 0.6) is 5.75 Å². The summed E-state index contributed by atoms with van der Waals surface area (Å²) in [7, 11) is 1.41. The minimum atomic E-state index is -0.326. The maximum Gasteiger partial charge on any atom is 0.337 e. The molecule has 0 bridgehead atoms. The molecule has 1 aromatic carbocycles. The summed E-state index contributed by atoms with van der Waals surface area (Å²) in [6.07, 6.45) is 13.3. The van der Waals surface area contributed by atoms with Gasteiger partial charge in [-0.1, -0.05) is 48.8 Å². The van der Waals surface area contributed by atoms with Crippen molar-refractivity contribution in [3.8, 4) is 5.75 Å². The van der Waals surface area contributed by atoms with Crippen molar-refractivity contribution in [3.05, 3.63) is 58.7 Å². The molecular weight excluding hydrogens is 410 g/mol. The molecule has 0 saturated carbocycles. The lowest BCUT2D eigenvalue weighted by Crippen LogP contribution is -2.25. The van der Waals surface area contributed by atoms with Crippen molar-refractivity contribution in [2.75, 3.05) is 31.7 Å². The van der Waals surface area contributed by atoms with Crippen LogP contribution in [0.1, 0.15) is 90.4 Å². The van der Waals surface area contributed by atoms with Crippen LogP contribution in [0.3, 0.4) is 0 Å². The Morgan fingerprint density at radius 3 is 2.21 bits per heavy atom. The smallest absolute Gasteiger partial charge is 0.337 e. The van der Waals surface area contributed by atoms with E-state index >= 15 is 0 Å². The molecule has 0 aliphatic carbocycles. The van der Waals surface area contributed by atoms with Crippen molar-refractivity contribution in [2.24, 2.45) is 0 Å². The van der Waals surface area contributed by atoms with Crippen LogP contribution in [0.2, 0.25) is 0 Å². The van der Waals surface area contributed by atoms with E-state index in [4.69, 9.17) is 9.47 Å².